The van der Waals surface area contributed by atoms with Crippen LogP contribution in [0.15, 0.2) is 10.6 Å². The number of methoxy groups -OCH3 is 1. The number of likely N-dealkylation sites (N-methyl/N-ethyl adjacent to an activating group) is 1. The van der Waals surface area contributed by atoms with Gasteiger partial charge in [-0.05, 0) is 13.8 Å². The lowest BCUT2D eigenvalue weighted by Gasteiger charge is -2.26. The zero-order valence-corrected chi connectivity index (χ0v) is 9.88. The molecule has 0 aromatic carbocycles. The maximum Gasteiger partial charge on any atom is 0.352 e. The van der Waals surface area contributed by atoms with E-state index in [1.165, 1.54) is 7.05 Å². The van der Waals surface area contributed by atoms with E-state index in [4.69, 9.17) is 5.73 Å². The number of carbonyl (C=O) groups excluding carboxylic acids is 1. The molecule has 0 aromatic heterocycles. The Morgan fingerprint density at radius 2 is 1.93 bits per heavy atom. The van der Waals surface area contributed by atoms with Crippen LogP contribution in [0.5, 0.6) is 0 Å². The van der Waals surface area contributed by atoms with E-state index in [-0.39, 0.29) is 5.70 Å². The van der Waals surface area contributed by atoms with Crippen molar-refractivity contribution in [1.29, 1.82) is 0 Å². The minimum absolute atomic E-state index is 0.0110. The highest BCUT2D eigenvalue weighted by Crippen LogP contribution is 2.36. The van der Waals surface area contributed by atoms with Gasteiger partial charge in [-0.3, -0.25) is 0 Å². The van der Waals surface area contributed by atoms with Gasteiger partial charge in [0.15, 0.2) is 4.91 Å². The van der Waals surface area contributed by atoms with E-state index in [1.807, 2.05) is 0 Å². The van der Waals surface area contributed by atoms with E-state index >= 15 is 0 Å². The van der Waals surface area contributed by atoms with Crippen LogP contribution in [0.2, 0.25) is 0 Å². The van der Waals surface area contributed by atoms with Crippen LogP contribution >= 0.6 is 0 Å². The number of sulfonamides is 1. The van der Waals surface area contributed by atoms with E-state index in [0.717, 1.165) is 11.4 Å². The lowest BCUT2D eigenvalue weighted by molar-refractivity contribution is -0.135. The zero-order valence-electron chi connectivity index (χ0n) is 9.07. The SMILES string of the molecule is COC(=O)C1=C(N)C(C)(C)N(C)S1(=O)=O. The monoisotopic (exact) mass is 234 g/mol. The molecular formula is C8H14N2O4S. The summed E-state index contributed by atoms with van der Waals surface area (Å²) in [4.78, 5) is 10.8. The van der Waals surface area contributed by atoms with Crippen LogP contribution in [0, 0.1) is 0 Å². The first-order chi connectivity index (χ1) is 6.67. The number of nitrogens with zero attached hydrogens (tertiary/aromatic N) is 1. The van der Waals surface area contributed by atoms with Gasteiger partial charge >= 0.3 is 5.97 Å². The fraction of sp³-hybridized carbons (Fsp3) is 0.625. The molecule has 0 fully saturated rings. The third kappa shape index (κ3) is 1.42. The first kappa shape index (κ1) is 12.0. The minimum Gasteiger partial charge on any atom is -0.465 e. The van der Waals surface area contributed by atoms with E-state index in [2.05, 4.69) is 4.74 Å². The van der Waals surface area contributed by atoms with Crippen molar-refractivity contribution >= 4 is 16.0 Å². The molecule has 86 valence electrons. The van der Waals surface area contributed by atoms with Crippen molar-refractivity contribution in [2.45, 2.75) is 19.4 Å². The Labute approximate surface area is 88.7 Å². The lowest BCUT2D eigenvalue weighted by atomic mass is 10.0. The highest BCUT2D eigenvalue weighted by molar-refractivity contribution is 7.94. The topological polar surface area (TPSA) is 89.7 Å². The average molecular weight is 234 g/mol. The van der Waals surface area contributed by atoms with Gasteiger partial charge in [-0.2, -0.15) is 4.31 Å². The number of esters is 1. The number of hydrogen-bond donors (Lipinski definition) is 1. The van der Waals surface area contributed by atoms with Crippen LogP contribution in [0.25, 0.3) is 0 Å². The normalized spacial score (nSPS) is 24.3. The molecule has 15 heavy (non-hydrogen) atoms. The summed E-state index contributed by atoms with van der Waals surface area (Å²) in [5.74, 6) is -0.926. The third-order valence-electron chi connectivity index (χ3n) is 2.68. The van der Waals surface area contributed by atoms with Crippen molar-refractivity contribution in [3.8, 4) is 0 Å². The number of rotatable bonds is 1. The van der Waals surface area contributed by atoms with Gasteiger partial charge in [0.05, 0.1) is 18.3 Å². The first-order valence-corrected chi connectivity index (χ1v) is 5.69. The predicted octanol–water partition coefficient (Wildman–Crippen LogP) is -0.616. The maximum atomic E-state index is 11.8. The molecule has 0 aromatic rings. The van der Waals surface area contributed by atoms with Crippen molar-refractivity contribution < 1.29 is 17.9 Å². The third-order valence-corrected chi connectivity index (χ3v) is 4.76. The van der Waals surface area contributed by atoms with Crippen molar-refractivity contribution in [2.75, 3.05) is 14.2 Å². The zero-order chi connectivity index (χ0) is 12.0. The van der Waals surface area contributed by atoms with Gasteiger partial charge in [0.1, 0.15) is 0 Å². The van der Waals surface area contributed by atoms with Crippen LogP contribution in [-0.2, 0) is 19.6 Å². The Hall–Kier alpha value is -1.08. The van der Waals surface area contributed by atoms with Gasteiger partial charge in [0.2, 0.25) is 0 Å². The second-order valence-corrected chi connectivity index (χ2v) is 5.67. The highest BCUT2D eigenvalue weighted by Gasteiger charge is 2.50. The number of hydrogen-bond acceptors (Lipinski definition) is 5. The summed E-state index contributed by atoms with van der Waals surface area (Å²) >= 11 is 0. The summed E-state index contributed by atoms with van der Waals surface area (Å²) in [6.07, 6.45) is 0. The van der Waals surface area contributed by atoms with Crippen LogP contribution in [0.4, 0.5) is 0 Å². The molecule has 0 saturated heterocycles. The van der Waals surface area contributed by atoms with E-state index in [1.54, 1.807) is 13.8 Å². The molecule has 1 aliphatic rings. The fourth-order valence-corrected chi connectivity index (χ4v) is 3.13. The second-order valence-electron chi connectivity index (χ2n) is 3.77. The Bertz CT molecular complexity index is 436. The maximum absolute atomic E-state index is 11.8. The standard InChI is InChI=1S/C8H14N2O4S/c1-8(2)6(9)5(7(11)14-4)15(12,13)10(8)3/h9H2,1-4H3. The van der Waals surface area contributed by atoms with E-state index in [0.29, 0.717) is 0 Å². The average Bonchev–Trinajstić information content (AvgIpc) is 2.25. The van der Waals surface area contributed by atoms with Crippen LogP contribution in [0.1, 0.15) is 13.8 Å². The Kier molecular flexibility index (Phi) is 2.56. The predicted molar refractivity (Wildman–Crippen MR) is 54.0 cm³/mol. The molecule has 2 N–H and O–H groups in total. The molecule has 1 rings (SSSR count). The smallest absolute Gasteiger partial charge is 0.352 e. The van der Waals surface area contributed by atoms with Crippen LogP contribution in [-0.4, -0.2) is 38.4 Å². The van der Waals surface area contributed by atoms with Crippen molar-refractivity contribution in [1.82, 2.24) is 4.31 Å². The van der Waals surface area contributed by atoms with E-state index in [9.17, 15) is 13.2 Å². The largest absolute Gasteiger partial charge is 0.465 e. The minimum atomic E-state index is -3.82. The summed E-state index contributed by atoms with van der Waals surface area (Å²) in [6.45, 7) is 3.24. The van der Waals surface area contributed by atoms with Gasteiger partial charge in [-0.15, -0.1) is 0 Å². The van der Waals surface area contributed by atoms with Gasteiger partial charge in [0, 0.05) is 7.05 Å². The molecule has 0 saturated carbocycles. The van der Waals surface area contributed by atoms with Gasteiger partial charge in [-0.25, -0.2) is 13.2 Å². The molecule has 0 unspecified atom stereocenters. The summed E-state index contributed by atoms with van der Waals surface area (Å²) in [6, 6.07) is 0. The molecule has 1 aliphatic heterocycles. The summed E-state index contributed by atoms with van der Waals surface area (Å²) in [7, 11) is -1.33. The number of carbonyl (C=O) groups is 1. The Morgan fingerprint density at radius 3 is 2.20 bits per heavy atom. The van der Waals surface area contributed by atoms with Gasteiger partial charge < -0.3 is 10.5 Å². The molecule has 0 radical (unpaired) electrons. The molecule has 0 aliphatic carbocycles. The Morgan fingerprint density at radius 1 is 1.47 bits per heavy atom. The van der Waals surface area contributed by atoms with Crippen molar-refractivity contribution in [3.63, 3.8) is 0 Å². The molecular weight excluding hydrogens is 220 g/mol. The van der Waals surface area contributed by atoms with Crippen molar-refractivity contribution in [3.05, 3.63) is 10.6 Å². The first-order valence-electron chi connectivity index (χ1n) is 4.25. The Balaban J connectivity index is 3.48. The van der Waals surface area contributed by atoms with Crippen LogP contribution < -0.4 is 5.73 Å². The summed E-state index contributed by atoms with van der Waals surface area (Å²) < 4.78 is 29.1. The lowest BCUT2D eigenvalue weighted by Crippen LogP contribution is -2.42. The molecule has 0 atom stereocenters. The second kappa shape index (κ2) is 3.21. The fourth-order valence-electron chi connectivity index (χ4n) is 1.33. The van der Waals surface area contributed by atoms with Gasteiger partial charge in [0.25, 0.3) is 10.0 Å². The van der Waals surface area contributed by atoms with Crippen molar-refractivity contribution in [2.24, 2.45) is 5.73 Å². The molecule has 6 nitrogen and oxygen atoms in total. The molecule has 0 spiro atoms. The molecule has 7 heteroatoms. The summed E-state index contributed by atoms with van der Waals surface area (Å²) in [5, 5.41) is 0. The molecule has 0 bridgehead atoms. The summed E-state index contributed by atoms with van der Waals surface area (Å²) in [5.41, 5.74) is 4.77. The van der Waals surface area contributed by atoms with Crippen LogP contribution in [0.3, 0.4) is 0 Å². The number of ether oxygens (including phenoxy) is 1. The molecule has 1 heterocycles. The highest BCUT2D eigenvalue weighted by atomic mass is 32.2. The van der Waals surface area contributed by atoms with E-state index < -0.39 is 26.4 Å². The van der Waals surface area contributed by atoms with Gasteiger partial charge in [-0.1, -0.05) is 0 Å². The molecule has 0 amide bonds. The quantitative estimate of drug-likeness (QED) is 0.611. The number of nitrogens with two attached hydrogens (primary N) is 1.